The van der Waals surface area contributed by atoms with E-state index in [-0.39, 0.29) is 10.7 Å². The summed E-state index contributed by atoms with van der Waals surface area (Å²) in [7, 11) is 0. The molecule has 1 aromatic heterocycles. The number of carboxylic acids is 1. The standard InChI is InChI=1S/C13H11ClN2O2S/c1-8-4-2-3-5-10(8)19-7-11-15-6-9(14)12(16-11)13(17)18/h2-6H,7H2,1H3,(H,17,18). The smallest absolute Gasteiger partial charge is 0.356 e. The molecule has 0 unspecified atom stereocenters. The van der Waals surface area contributed by atoms with Crippen LogP contribution in [0.25, 0.3) is 0 Å². The number of aromatic nitrogens is 2. The first-order chi connectivity index (χ1) is 9.08. The maximum absolute atomic E-state index is 10.9. The van der Waals surface area contributed by atoms with Crippen molar-refractivity contribution in [2.45, 2.75) is 17.6 Å². The van der Waals surface area contributed by atoms with E-state index in [9.17, 15) is 4.79 Å². The maximum Gasteiger partial charge on any atom is 0.356 e. The molecule has 19 heavy (non-hydrogen) atoms. The second-order valence-corrected chi connectivity index (χ2v) is 5.27. The zero-order valence-corrected chi connectivity index (χ0v) is 11.7. The van der Waals surface area contributed by atoms with Crippen LogP contribution >= 0.6 is 23.4 Å². The van der Waals surface area contributed by atoms with E-state index in [1.165, 1.54) is 11.8 Å². The quantitative estimate of drug-likeness (QED) is 0.875. The highest BCUT2D eigenvalue weighted by molar-refractivity contribution is 7.98. The molecule has 0 saturated carbocycles. The molecule has 0 amide bonds. The SMILES string of the molecule is Cc1ccccc1SCc1ncc(Cl)c(C(=O)O)n1. The predicted molar refractivity (Wildman–Crippen MR) is 74.7 cm³/mol. The van der Waals surface area contributed by atoms with Crippen LogP contribution in [-0.4, -0.2) is 21.0 Å². The fourth-order valence-corrected chi connectivity index (χ4v) is 2.55. The molecule has 1 N–H and O–H groups in total. The molecule has 0 saturated heterocycles. The Bertz CT molecular complexity index is 619. The number of aromatic carboxylic acids is 1. The summed E-state index contributed by atoms with van der Waals surface area (Å²) in [5, 5.41) is 8.99. The van der Waals surface area contributed by atoms with Crippen LogP contribution in [0.4, 0.5) is 0 Å². The molecule has 0 spiro atoms. The van der Waals surface area contributed by atoms with E-state index in [1.807, 2.05) is 31.2 Å². The maximum atomic E-state index is 10.9. The molecule has 1 heterocycles. The zero-order valence-electron chi connectivity index (χ0n) is 10.1. The number of hydrogen-bond donors (Lipinski definition) is 1. The number of carbonyl (C=O) groups is 1. The van der Waals surface area contributed by atoms with Gasteiger partial charge in [-0.15, -0.1) is 11.8 Å². The summed E-state index contributed by atoms with van der Waals surface area (Å²) >= 11 is 7.29. The first-order valence-electron chi connectivity index (χ1n) is 5.51. The van der Waals surface area contributed by atoms with E-state index >= 15 is 0 Å². The first kappa shape index (κ1) is 13.8. The first-order valence-corrected chi connectivity index (χ1v) is 6.87. The van der Waals surface area contributed by atoms with Gasteiger partial charge in [0.15, 0.2) is 5.69 Å². The molecule has 2 aromatic rings. The van der Waals surface area contributed by atoms with Crippen LogP contribution in [0, 0.1) is 6.92 Å². The van der Waals surface area contributed by atoms with Crippen LogP contribution in [-0.2, 0) is 5.75 Å². The van der Waals surface area contributed by atoms with Gasteiger partial charge >= 0.3 is 5.97 Å². The number of halogens is 1. The van der Waals surface area contributed by atoms with Crippen molar-refractivity contribution >= 4 is 29.3 Å². The summed E-state index contributed by atoms with van der Waals surface area (Å²) in [4.78, 5) is 20.0. The normalized spacial score (nSPS) is 10.4. The van der Waals surface area contributed by atoms with Gasteiger partial charge in [0.1, 0.15) is 5.82 Å². The Morgan fingerprint density at radius 2 is 2.16 bits per heavy atom. The van der Waals surface area contributed by atoms with Crippen molar-refractivity contribution in [2.75, 3.05) is 0 Å². The number of hydrogen-bond acceptors (Lipinski definition) is 4. The number of carboxylic acid groups (broad SMARTS) is 1. The Morgan fingerprint density at radius 1 is 1.42 bits per heavy atom. The number of nitrogens with zero attached hydrogens (tertiary/aromatic N) is 2. The van der Waals surface area contributed by atoms with Crippen molar-refractivity contribution in [3.63, 3.8) is 0 Å². The fourth-order valence-electron chi connectivity index (χ4n) is 1.48. The lowest BCUT2D eigenvalue weighted by Gasteiger charge is -2.05. The van der Waals surface area contributed by atoms with Gasteiger partial charge in [-0.05, 0) is 18.6 Å². The summed E-state index contributed by atoms with van der Waals surface area (Å²) in [6, 6.07) is 7.96. The lowest BCUT2D eigenvalue weighted by Crippen LogP contribution is -2.05. The minimum absolute atomic E-state index is 0.0529. The van der Waals surface area contributed by atoms with E-state index in [0.717, 1.165) is 4.90 Å². The van der Waals surface area contributed by atoms with Crippen LogP contribution in [0.2, 0.25) is 5.02 Å². The molecule has 0 atom stereocenters. The van der Waals surface area contributed by atoms with Crippen molar-refractivity contribution in [3.8, 4) is 0 Å². The van der Waals surface area contributed by atoms with Gasteiger partial charge in [0.25, 0.3) is 0 Å². The molecule has 0 bridgehead atoms. The summed E-state index contributed by atoms with van der Waals surface area (Å²) in [6.45, 7) is 2.02. The molecule has 0 aliphatic rings. The Hall–Kier alpha value is -1.59. The van der Waals surface area contributed by atoms with Gasteiger partial charge < -0.3 is 5.11 Å². The van der Waals surface area contributed by atoms with E-state index in [2.05, 4.69) is 9.97 Å². The van der Waals surface area contributed by atoms with Crippen LogP contribution in [0.1, 0.15) is 21.9 Å². The van der Waals surface area contributed by atoms with Gasteiger partial charge in [-0.2, -0.15) is 0 Å². The Kier molecular flexibility index (Phi) is 4.39. The van der Waals surface area contributed by atoms with Crippen LogP contribution in [0.15, 0.2) is 35.4 Å². The minimum atomic E-state index is -1.14. The zero-order chi connectivity index (χ0) is 13.8. The van der Waals surface area contributed by atoms with Crippen LogP contribution in [0.3, 0.4) is 0 Å². The Labute approximate surface area is 119 Å². The third-order valence-electron chi connectivity index (χ3n) is 2.45. The topological polar surface area (TPSA) is 63.1 Å². The van der Waals surface area contributed by atoms with Gasteiger partial charge in [-0.1, -0.05) is 29.8 Å². The van der Waals surface area contributed by atoms with Crippen molar-refractivity contribution in [3.05, 3.63) is 52.6 Å². The monoisotopic (exact) mass is 294 g/mol. The average Bonchev–Trinajstić information content (AvgIpc) is 2.39. The molecule has 4 nitrogen and oxygen atoms in total. The lowest BCUT2D eigenvalue weighted by atomic mass is 10.2. The Balaban J connectivity index is 2.14. The summed E-state index contributed by atoms with van der Waals surface area (Å²) in [6.07, 6.45) is 1.33. The van der Waals surface area contributed by atoms with Crippen molar-refractivity contribution < 1.29 is 9.90 Å². The largest absolute Gasteiger partial charge is 0.476 e. The van der Waals surface area contributed by atoms with Gasteiger partial charge in [0, 0.05) is 4.90 Å². The molecule has 98 valence electrons. The van der Waals surface area contributed by atoms with Crippen LogP contribution in [0.5, 0.6) is 0 Å². The number of rotatable bonds is 4. The predicted octanol–water partition coefficient (Wildman–Crippen LogP) is 3.43. The molecular formula is C13H11ClN2O2S. The second-order valence-electron chi connectivity index (χ2n) is 3.84. The van der Waals surface area contributed by atoms with Crippen molar-refractivity contribution in [1.82, 2.24) is 9.97 Å². The molecule has 0 radical (unpaired) electrons. The molecule has 0 fully saturated rings. The average molecular weight is 295 g/mol. The number of benzene rings is 1. The highest BCUT2D eigenvalue weighted by Crippen LogP contribution is 2.25. The van der Waals surface area contributed by atoms with Gasteiger partial charge in [-0.3, -0.25) is 0 Å². The second kappa shape index (κ2) is 6.04. The third-order valence-corrected chi connectivity index (χ3v) is 3.90. The molecule has 2 rings (SSSR count). The Morgan fingerprint density at radius 3 is 2.84 bits per heavy atom. The summed E-state index contributed by atoms with van der Waals surface area (Å²) in [5.41, 5.74) is 1.01. The van der Waals surface area contributed by atoms with Gasteiger partial charge in [-0.25, -0.2) is 14.8 Å². The lowest BCUT2D eigenvalue weighted by molar-refractivity contribution is 0.0690. The third kappa shape index (κ3) is 3.45. The van der Waals surface area contributed by atoms with Crippen molar-refractivity contribution in [1.29, 1.82) is 0 Å². The van der Waals surface area contributed by atoms with E-state index in [0.29, 0.717) is 11.6 Å². The fraction of sp³-hybridized carbons (Fsp3) is 0.154. The van der Waals surface area contributed by atoms with E-state index < -0.39 is 5.97 Å². The molecule has 0 aliphatic carbocycles. The van der Waals surface area contributed by atoms with E-state index in [4.69, 9.17) is 16.7 Å². The van der Waals surface area contributed by atoms with Gasteiger partial charge in [0.05, 0.1) is 17.0 Å². The highest BCUT2D eigenvalue weighted by Gasteiger charge is 2.12. The van der Waals surface area contributed by atoms with E-state index in [1.54, 1.807) is 11.8 Å². The molecule has 6 heteroatoms. The minimum Gasteiger partial charge on any atom is -0.476 e. The molecular weight excluding hydrogens is 284 g/mol. The van der Waals surface area contributed by atoms with Gasteiger partial charge in [0.2, 0.25) is 0 Å². The number of aryl methyl sites for hydroxylation is 1. The molecule has 0 aliphatic heterocycles. The van der Waals surface area contributed by atoms with Crippen molar-refractivity contribution in [2.24, 2.45) is 0 Å². The van der Waals surface area contributed by atoms with Crippen LogP contribution < -0.4 is 0 Å². The molecule has 1 aromatic carbocycles. The summed E-state index contributed by atoms with van der Waals surface area (Å²) in [5.74, 6) is -0.188. The number of thioether (sulfide) groups is 1. The highest BCUT2D eigenvalue weighted by atomic mass is 35.5. The summed E-state index contributed by atoms with van der Waals surface area (Å²) < 4.78 is 0.